The smallest absolute Gasteiger partial charge is 0.274 e. The van der Waals surface area contributed by atoms with Crippen molar-refractivity contribution in [1.82, 2.24) is 24.6 Å². The van der Waals surface area contributed by atoms with E-state index in [4.69, 9.17) is 4.74 Å². The number of aryl methyl sites for hydroxylation is 2. The van der Waals surface area contributed by atoms with Gasteiger partial charge in [-0.25, -0.2) is 9.67 Å². The number of benzene rings is 1. The standard InChI is InChI=1S/C22H25N7O3/c1-15-14-19(24-16-4-6-17(32-3)7-5-16)25-22(23-15)29-12-10-28(11-13-29)21(31)18-8-9-20(30)27(2)26-18/h4-9,14H,10-13H2,1-3H3,(H,23,24,25). The number of ether oxygens (including phenoxy) is 1. The maximum absolute atomic E-state index is 12.7. The minimum atomic E-state index is -0.248. The van der Waals surface area contributed by atoms with Gasteiger partial charge in [0.05, 0.1) is 7.11 Å². The van der Waals surface area contributed by atoms with Gasteiger partial charge in [0.25, 0.3) is 11.5 Å². The number of piperazine rings is 1. The molecule has 3 heterocycles. The van der Waals surface area contributed by atoms with E-state index in [2.05, 4.69) is 25.3 Å². The normalized spacial score (nSPS) is 13.7. The first-order valence-corrected chi connectivity index (χ1v) is 10.3. The Morgan fingerprint density at radius 3 is 2.41 bits per heavy atom. The quantitative estimate of drug-likeness (QED) is 0.644. The zero-order chi connectivity index (χ0) is 22.7. The third-order valence-electron chi connectivity index (χ3n) is 5.23. The molecule has 0 spiro atoms. The van der Waals surface area contributed by atoms with Crippen molar-refractivity contribution in [3.63, 3.8) is 0 Å². The Morgan fingerprint density at radius 2 is 1.75 bits per heavy atom. The van der Waals surface area contributed by atoms with Crippen molar-refractivity contribution in [1.29, 1.82) is 0 Å². The van der Waals surface area contributed by atoms with Gasteiger partial charge < -0.3 is 19.9 Å². The van der Waals surface area contributed by atoms with Crippen LogP contribution < -0.4 is 20.5 Å². The molecule has 0 bridgehead atoms. The lowest BCUT2D eigenvalue weighted by Crippen LogP contribution is -2.49. The van der Waals surface area contributed by atoms with Gasteiger partial charge in [0.2, 0.25) is 5.95 Å². The van der Waals surface area contributed by atoms with Crippen LogP contribution in [0.5, 0.6) is 5.75 Å². The summed E-state index contributed by atoms with van der Waals surface area (Å²) in [5.74, 6) is 1.92. The number of carbonyl (C=O) groups is 1. The van der Waals surface area contributed by atoms with Crippen LogP contribution in [-0.2, 0) is 7.05 Å². The maximum Gasteiger partial charge on any atom is 0.274 e. The van der Waals surface area contributed by atoms with E-state index in [-0.39, 0.29) is 17.2 Å². The van der Waals surface area contributed by atoms with Crippen LogP contribution in [0.3, 0.4) is 0 Å². The Bertz CT molecular complexity index is 1170. The molecule has 1 amide bonds. The number of nitrogens with zero attached hydrogens (tertiary/aromatic N) is 6. The van der Waals surface area contributed by atoms with Gasteiger partial charge in [-0.1, -0.05) is 0 Å². The molecule has 4 rings (SSSR count). The highest BCUT2D eigenvalue weighted by Crippen LogP contribution is 2.21. The third kappa shape index (κ3) is 4.69. The second-order valence-corrected chi connectivity index (χ2v) is 7.51. The fourth-order valence-corrected chi connectivity index (χ4v) is 3.47. The Balaban J connectivity index is 1.43. The molecular formula is C22H25N7O3. The van der Waals surface area contributed by atoms with E-state index < -0.39 is 0 Å². The average Bonchev–Trinajstić information content (AvgIpc) is 2.80. The predicted molar refractivity (Wildman–Crippen MR) is 121 cm³/mol. The summed E-state index contributed by atoms with van der Waals surface area (Å²) in [5.41, 5.74) is 1.76. The molecule has 1 saturated heterocycles. The summed E-state index contributed by atoms with van der Waals surface area (Å²) < 4.78 is 6.36. The van der Waals surface area contributed by atoms with Gasteiger partial charge in [0, 0.05) is 56.7 Å². The van der Waals surface area contributed by atoms with Gasteiger partial charge in [-0.15, -0.1) is 0 Å². The SMILES string of the molecule is COc1ccc(Nc2cc(C)nc(N3CCN(C(=O)c4ccc(=O)n(C)n4)CC3)n2)cc1. The molecule has 1 fully saturated rings. The molecule has 166 valence electrons. The molecule has 1 aliphatic heterocycles. The molecule has 3 aromatic rings. The van der Waals surface area contributed by atoms with Gasteiger partial charge >= 0.3 is 0 Å². The molecule has 1 aromatic carbocycles. The van der Waals surface area contributed by atoms with Crippen LogP contribution in [0.15, 0.2) is 47.3 Å². The van der Waals surface area contributed by atoms with Gasteiger partial charge in [-0.3, -0.25) is 9.59 Å². The Morgan fingerprint density at radius 1 is 1.03 bits per heavy atom. The number of hydrogen-bond donors (Lipinski definition) is 1. The summed E-state index contributed by atoms with van der Waals surface area (Å²) in [7, 11) is 3.16. The molecule has 1 N–H and O–H groups in total. The molecule has 0 unspecified atom stereocenters. The van der Waals surface area contributed by atoms with Gasteiger partial charge in [0.15, 0.2) is 0 Å². The van der Waals surface area contributed by atoms with Crippen molar-refractivity contribution in [3.8, 4) is 5.75 Å². The van der Waals surface area contributed by atoms with Crippen molar-refractivity contribution >= 4 is 23.4 Å². The molecule has 1 aliphatic rings. The van der Waals surface area contributed by atoms with Crippen molar-refractivity contribution < 1.29 is 9.53 Å². The second-order valence-electron chi connectivity index (χ2n) is 7.51. The molecule has 0 radical (unpaired) electrons. The molecule has 0 atom stereocenters. The lowest BCUT2D eigenvalue weighted by molar-refractivity contribution is 0.0737. The van der Waals surface area contributed by atoms with Crippen LogP contribution in [0.2, 0.25) is 0 Å². The minimum absolute atomic E-state index is 0.188. The number of anilines is 3. The van der Waals surface area contributed by atoms with Crippen LogP contribution >= 0.6 is 0 Å². The number of hydrogen-bond acceptors (Lipinski definition) is 8. The lowest BCUT2D eigenvalue weighted by Gasteiger charge is -2.34. The monoisotopic (exact) mass is 435 g/mol. The van der Waals surface area contributed by atoms with Crippen LogP contribution in [0, 0.1) is 6.92 Å². The molecule has 10 nitrogen and oxygen atoms in total. The van der Waals surface area contributed by atoms with E-state index in [1.165, 1.54) is 23.9 Å². The summed E-state index contributed by atoms with van der Waals surface area (Å²) in [5, 5.41) is 7.36. The zero-order valence-corrected chi connectivity index (χ0v) is 18.3. The van der Waals surface area contributed by atoms with Crippen molar-refractivity contribution in [2.24, 2.45) is 7.05 Å². The van der Waals surface area contributed by atoms with Crippen LogP contribution in [0.1, 0.15) is 16.2 Å². The minimum Gasteiger partial charge on any atom is -0.497 e. The molecule has 32 heavy (non-hydrogen) atoms. The topological polar surface area (TPSA) is 105 Å². The summed E-state index contributed by atoms with van der Waals surface area (Å²) in [6.07, 6.45) is 0. The fourth-order valence-electron chi connectivity index (χ4n) is 3.47. The summed E-state index contributed by atoms with van der Waals surface area (Å²) >= 11 is 0. The van der Waals surface area contributed by atoms with Gasteiger partial charge in [-0.2, -0.15) is 10.1 Å². The van der Waals surface area contributed by atoms with E-state index >= 15 is 0 Å². The summed E-state index contributed by atoms with van der Waals surface area (Å²) in [6.45, 7) is 4.16. The molecule has 0 saturated carbocycles. The zero-order valence-electron chi connectivity index (χ0n) is 18.3. The Labute approximate surface area is 185 Å². The predicted octanol–water partition coefficient (Wildman–Crippen LogP) is 1.59. The molecule has 10 heteroatoms. The third-order valence-corrected chi connectivity index (χ3v) is 5.23. The van der Waals surface area contributed by atoms with E-state index in [0.717, 1.165) is 17.1 Å². The second kappa shape index (κ2) is 9.04. The van der Waals surface area contributed by atoms with E-state index in [1.807, 2.05) is 37.3 Å². The highest BCUT2D eigenvalue weighted by molar-refractivity contribution is 5.92. The summed E-state index contributed by atoms with van der Waals surface area (Å²) in [6, 6.07) is 12.3. The van der Waals surface area contributed by atoms with Crippen molar-refractivity contribution in [3.05, 3.63) is 64.2 Å². The summed E-state index contributed by atoms with van der Waals surface area (Å²) in [4.78, 5) is 37.3. The number of carbonyl (C=O) groups excluding carboxylic acids is 1. The number of nitrogens with one attached hydrogen (secondary N) is 1. The first-order valence-electron chi connectivity index (χ1n) is 10.3. The first-order chi connectivity index (χ1) is 15.4. The van der Waals surface area contributed by atoms with E-state index in [0.29, 0.717) is 37.9 Å². The van der Waals surface area contributed by atoms with Crippen molar-refractivity contribution in [2.75, 3.05) is 43.5 Å². The molecular weight excluding hydrogens is 410 g/mol. The number of rotatable bonds is 5. The highest BCUT2D eigenvalue weighted by Gasteiger charge is 2.25. The molecule has 0 aliphatic carbocycles. The number of aromatic nitrogens is 4. The highest BCUT2D eigenvalue weighted by atomic mass is 16.5. The van der Waals surface area contributed by atoms with Crippen LogP contribution in [0.25, 0.3) is 0 Å². The van der Waals surface area contributed by atoms with Crippen LogP contribution in [0.4, 0.5) is 17.5 Å². The van der Waals surface area contributed by atoms with Crippen molar-refractivity contribution in [2.45, 2.75) is 6.92 Å². The number of methoxy groups -OCH3 is 1. The average molecular weight is 435 g/mol. The fraction of sp³-hybridized carbons (Fsp3) is 0.318. The maximum atomic E-state index is 12.7. The Kier molecular flexibility index (Phi) is 6.02. The first kappa shape index (κ1) is 21.3. The van der Waals surface area contributed by atoms with Crippen LogP contribution in [-0.4, -0.2) is 63.8 Å². The van der Waals surface area contributed by atoms with Gasteiger partial charge in [0.1, 0.15) is 17.3 Å². The lowest BCUT2D eigenvalue weighted by atomic mass is 10.2. The Hall–Kier alpha value is -3.95. The van der Waals surface area contributed by atoms with E-state index in [9.17, 15) is 9.59 Å². The largest absolute Gasteiger partial charge is 0.497 e. The van der Waals surface area contributed by atoms with E-state index in [1.54, 1.807) is 12.0 Å². The molecule has 2 aromatic heterocycles. The number of amides is 1. The van der Waals surface area contributed by atoms with Gasteiger partial charge in [-0.05, 0) is 37.3 Å².